The predicted octanol–water partition coefficient (Wildman–Crippen LogP) is 3.45. The number of phenolic OH excluding ortho intramolecular Hbond substituents is 1. The number of carboxylic acid groups (broad SMARTS) is 1. The van der Waals surface area contributed by atoms with Gasteiger partial charge in [-0.15, -0.1) is 0 Å². The van der Waals surface area contributed by atoms with Crippen LogP contribution in [0.15, 0.2) is 36.4 Å². The molecular weight excluding hydrogens is 391 g/mol. The minimum absolute atomic E-state index is 0.152. The largest absolute Gasteiger partial charge is 0.508 e. The van der Waals surface area contributed by atoms with Crippen LogP contribution in [0.5, 0.6) is 5.75 Å². The second-order valence-electron chi connectivity index (χ2n) is 6.20. The minimum Gasteiger partial charge on any atom is -0.508 e. The van der Waals surface area contributed by atoms with Gasteiger partial charge in [0.15, 0.2) is 0 Å². The monoisotopic (exact) mass is 412 g/mol. The number of phenols is 1. The first kappa shape index (κ1) is 21.3. The Balaban J connectivity index is 1.91. The molecule has 27 heavy (non-hydrogen) atoms. The van der Waals surface area contributed by atoms with E-state index in [0.717, 1.165) is 5.56 Å². The number of carboxylic acids is 1. The van der Waals surface area contributed by atoms with E-state index in [2.05, 4.69) is 10.6 Å². The fourth-order valence-electron chi connectivity index (χ4n) is 2.59. The molecule has 0 radical (unpaired) electrons. The van der Waals surface area contributed by atoms with E-state index in [9.17, 15) is 15.0 Å². The fraction of sp³-hybridized carbons (Fsp3) is 0.316. The normalized spacial score (nSPS) is 13.2. The number of hydrogen-bond acceptors (Lipinski definition) is 5. The van der Waals surface area contributed by atoms with E-state index in [1.807, 2.05) is 6.92 Å². The summed E-state index contributed by atoms with van der Waals surface area (Å²) in [5.74, 6) is -0.837. The van der Waals surface area contributed by atoms with Crippen LogP contribution in [0.3, 0.4) is 0 Å². The summed E-state index contributed by atoms with van der Waals surface area (Å²) in [6, 6.07) is 9.53. The number of carbonyl (C=O) groups is 1. The molecule has 2 aromatic carbocycles. The van der Waals surface area contributed by atoms with Gasteiger partial charge in [-0.2, -0.15) is 0 Å². The van der Waals surface area contributed by atoms with E-state index in [4.69, 9.17) is 28.3 Å². The van der Waals surface area contributed by atoms with Crippen LogP contribution in [0.4, 0.5) is 5.69 Å². The van der Waals surface area contributed by atoms with Crippen LogP contribution < -0.4 is 10.6 Å². The number of nitrogens with one attached hydrogen (secondary N) is 2. The molecular formula is C19H22Cl2N2O4. The molecule has 0 saturated carbocycles. The zero-order chi connectivity index (χ0) is 20.0. The van der Waals surface area contributed by atoms with E-state index in [0.29, 0.717) is 34.3 Å². The predicted molar refractivity (Wildman–Crippen MR) is 107 cm³/mol. The van der Waals surface area contributed by atoms with Crippen LogP contribution in [0.1, 0.15) is 24.2 Å². The van der Waals surface area contributed by atoms with Gasteiger partial charge in [0.1, 0.15) is 12.3 Å². The molecule has 0 spiro atoms. The molecule has 6 nitrogen and oxygen atoms in total. The van der Waals surface area contributed by atoms with Gasteiger partial charge in [0.05, 0.1) is 16.8 Å². The molecule has 0 fully saturated rings. The molecule has 0 aliphatic carbocycles. The summed E-state index contributed by atoms with van der Waals surface area (Å²) in [4.78, 5) is 10.6. The van der Waals surface area contributed by atoms with Crippen LogP contribution in [-0.2, 0) is 11.2 Å². The summed E-state index contributed by atoms with van der Waals surface area (Å²) >= 11 is 12.4. The molecule has 0 unspecified atom stereocenters. The van der Waals surface area contributed by atoms with Gasteiger partial charge in [-0.05, 0) is 55.3 Å². The molecule has 8 heteroatoms. The summed E-state index contributed by atoms with van der Waals surface area (Å²) in [5.41, 5.74) is 2.00. The number of halogens is 2. The van der Waals surface area contributed by atoms with E-state index >= 15 is 0 Å². The lowest BCUT2D eigenvalue weighted by Gasteiger charge is -2.21. The lowest BCUT2D eigenvalue weighted by molar-refractivity contribution is -0.134. The van der Waals surface area contributed by atoms with Crippen LogP contribution in [0.25, 0.3) is 0 Å². The van der Waals surface area contributed by atoms with Crippen molar-refractivity contribution < 1.29 is 20.1 Å². The van der Waals surface area contributed by atoms with Crippen molar-refractivity contribution >= 4 is 34.9 Å². The molecule has 0 heterocycles. The Labute approximate surface area is 167 Å². The maximum Gasteiger partial charge on any atom is 0.322 e. The summed E-state index contributed by atoms with van der Waals surface area (Å²) in [7, 11) is 0. The van der Waals surface area contributed by atoms with E-state index in [1.54, 1.807) is 24.3 Å². The highest BCUT2D eigenvalue weighted by atomic mass is 35.5. The number of anilines is 1. The first-order valence-corrected chi connectivity index (χ1v) is 9.17. The number of rotatable bonds is 9. The molecule has 0 saturated heterocycles. The molecule has 146 valence electrons. The van der Waals surface area contributed by atoms with Crippen molar-refractivity contribution in [2.24, 2.45) is 0 Å². The van der Waals surface area contributed by atoms with Gasteiger partial charge in [0.25, 0.3) is 0 Å². The van der Waals surface area contributed by atoms with E-state index in [1.165, 1.54) is 12.1 Å². The van der Waals surface area contributed by atoms with Crippen LogP contribution in [-0.4, -0.2) is 40.4 Å². The Morgan fingerprint density at radius 2 is 1.81 bits per heavy atom. The summed E-state index contributed by atoms with van der Waals surface area (Å²) in [6.45, 7) is 2.18. The number of hydrogen-bond donors (Lipinski definition) is 5. The Morgan fingerprint density at radius 3 is 2.44 bits per heavy atom. The molecule has 0 bridgehead atoms. The SMILES string of the molecule is C[C@H](NCCc1cc(Cl)c(NCC(=O)O)cc1Cl)[C@H](O)c1ccc(O)cc1. The lowest BCUT2D eigenvalue weighted by Crippen LogP contribution is -2.33. The molecule has 5 N–H and O–H groups in total. The number of aliphatic hydroxyl groups excluding tert-OH is 1. The Hall–Kier alpha value is -1.99. The highest BCUT2D eigenvalue weighted by Crippen LogP contribution is 2.29. The Bertz CT molecular complexity index is 784. The third-order valence-electron chi connectivity index (χ3n) is 4.14. The molecule has 2 rings (SSSR count). The van der Waals surface area contributed by atoms with Crippen molar-refractivity contribution in [1.29, 1.82) is 0 Å². The average Bonchev–Trinajstić information content (AvgIpc) is 2.62. The molecule has 2 atom stereocenters. The van der Waals surface area contributed by atoms with E-state index < -0.39 is 12.1 Å². The van der Waals surface area contributed by atoms with Crippen molar-refractivity contribution in [2.75, 3.05) is 18.4 Å². The number of benzene rings is 2. The van der Waals surface area contributed by atoms with Gasteiger partial charge in [0.2, 0.25) is 0 Å². The van der Waals surface area contributed by atoms with Gasteiger partial charge >= 0.3 is 5.97 Å². The maximum atomic E-state index is 10.6. The van der Waals surface area contributed by atoms with Gasteiger partial charge < -0.3 is 26.0 Å². The fourth-order valence-corrected chi connectivity index (χ4v) is 3.10. The van der Waals surface area contributed by atoms with Crippen molar-refractivity contribution in [1.82, 2.24) is 5.32 Å². The second kappa shape index (κ2) is 9.80. The zero-order valence-corrected chi connectivity index (χ0v) is 16.3. The maximum absolute atomic E-state index is 10.6. The minimum atomic E-state index is -0.989. The lowest BCUT2D eigenvalue weighted by atomic mass is 10.0. The highest BCUT2D eigenvalue weighted by Gasteiger charge is 2.16. The zero-order valence-electron chi connectivity index (χ0n) is 14.7. The third kappa shape index (κ3) is 6.29. The average molecular weight is 413 g/mol. The molecule has 0 aliphatic rings. The summed E-state index contributed by atoms with van der Waals surface area (Å²) in [5, 5.41) is 35.2. The Kier molecular flexibility index (Phi) is 7.74. The van der Waals surface area contributed by atoms with Crippen molar-refractivity contribution in [3.05, 3.63) is 57.6 Å². The number of aliphatic hydroxyl groups is 1. The van der Waals surface area contributed by atoms with Crippen LogP contribution >= 0.6 is 23.2 Å². The molecule has 0 amide bonds. The van der Waals surface area contributed by atoms with Gasteiger partial charge in [-0.25, -0.2) is 0 Å². The molecule has 0 aromatic heterocycles. The summed E-state index contributed by atoms with van der Waals surface area (Å²) < 4.78 is 0. The smallest absolute Gasteiger partial charge is 0.322 e. The Morgan fingerprint density at radius 1 is 1.15 bits per heavy atom. The molecule has 2 aromatic rings. The first-order valence-electron chi connectivity index (χ1n) is 8.42. The highest BCUT2D eigenvalue weighted by molar-refractivity contribution is 6.35. The van der Waals surface area contributed by atoms with Gasteiger partial charge in [0, 0.05) is 11.1 Å². The molecule has 0 aliphatic heterocycles. The van der Waals surface area contributed by atoms with Crippen molar-refractivity contribution in [3.63, 3.8) is 0 Å². The third-order valence-corrected chi connectivity index (χ3v) is 4.80. The number of aliphatic carboxylic acids is 1. The van der Waals surface area contributed by atoms with Crippen LogP contribution in [0, 0.1) is 0 Å². The quantitative estimate of drug-likeness (QED) is 0.432. The first-order chi connectivity index (χ1) is 12.8. The van der Waals surface area contributed by atoms with Crippen molar-refractivity contribution in [3.8, 4) is 5.75 Å². The summed E-state index contributed by atoms with van der Waals surface area (Å²) in [6.07, 6.45) is -0.128. The van der Waals surface area contributed by atoms with E-state index in [-0.39, 0.29) is 18.3 Å². The number of aromatic hydroxyl groups is 1. The standard InChI is InChI=1S/C19H22Cl2N2O4/c1-11(19(27)12-2-4-14(24)5-3-12)22-7-6-13-8-16(21)17(9-15(13)20)23-10-18(25)26/h2-5,8-9,11,19,22-24,27H,6-7,10H2,1H3,(H,25,26)/t11-,19-/m0/s1. The van der Waals surface area contributed by atoms with Gasteiger partial charge in [-0.3, -0.25) is 4.79 Å². The van der Waals surface area contributed by atoms with Crippen molar-refractivity contribution in [2.45, 2.75) is 25.5 Å². The topological polar surface area (TPSA) is 102 Å². The van der Waals surface area contributed by atoms with Crippen LogP contribution in [0.2, 0.25) is 10.0 Å². The second-order valence-corrected chi connectivity index (χ2v) is 7.01. The van der Waals surface area contributed by atoms with Gasteiger partial charge in [-0.1, -0.05) is 35.3 Å².